The molecule has 154 valence electrons. The minimum Gasteiger partial charge on any atom is -0.463 e. The van der Waals surface area contributed by atoms with Gasteiger partial charge < -0.3 is 21.1 Å². The number of piperidine rings is 1. The molecule has 29 heavy (non-hydrogen) atoms. The number of nitrogens with zero attached hydrogens (tertiary/aromatic N) is 4. The number of hydrogen-bond acceptors (Lipinski definition) is 5. The van der Waals surface area contributed by atoms with Crippen LogP contribution in [-0.2, 0) is 11.3 Å². The van der Waals surface area contributed by atoms with Crippen molar-refractivity contribution >= 4 is 11.9 Å². The lowest BCUT2D eigenvalue weighted by Gasteiger charge is -2.30. The number of nitrogens with two attached hydrogens (primary N) is 2. The summed E-state index contributed by atoms with van der Waals surface area (Å²) in [7, 11) is 0. The Morgan fingerprint density at radius 3 is 2.52 bits per heavy atom. The van der Waals surface area contributed by atoms with E-state index in [0.29, 0.717) is 29.2 Å². The van der Waals surface area contributed by atoms with Gasteiger partial charge in [0.2, 0.25) is 5.91 Å². The predicted octanol–water partition coefficient (Wildman–Crippen LogP) is 1.69. The normalized spacial score (nSPS) is 14.5. The fourth-order valence-electron chi connectivity index (χ4n) is 3.18. The second-order valence-electron chi connectivity index (χ2n) is 7.06. The standard InChI is InChI=1S/C20H25FN6O2/c1-13(28)27-6-4-14(5-7-27)12-29-20-25-10-17(11-26-20)15-2-3-16(18(21)8-15)9-24-19(22)23/h2-3,8,10-11,14H,4-7,9,12H2,1H3,(H4,22,23,24). The molecular formula is C20H25FN6O2. The first kappa shape index (κ1) is 20.5. The maximum Gasteiger partial charge on any atom is 0.316 e. The average Bonchev–Trinajstić information content (AvgIpc) is 2.72. The lowest BCUT2D eigenvalue weighted by Crippen LogP contribution is -2.38. The molecule has 0 radical (unpaired) electrons. The number of amides is 1. The lowest BCUT2D eigenvalue weighted by molar-refractivity contribution is -0.130. The molecule has 0 atom stereocenters. The lowest BCUT2D eigenvalue weighted by atomic mass is 9.98. The summed E-state index contributed by atoms with van der Waals surface area (Å²) < 4.78 is 19.9. The van der Waals surface area contributed by atoms with Crippen molar-refractivity contribution in [3.05, 3.63) is 42.0 Å². The summed E-state index contributed by atoms with van der Waals surface area (Å²) in [5.41, 5.74) is 12.3. The molecule has 1 aromatic carbocycles. The zero-order chi connectivity index (χ0) is 20.8. The van der Waals surface area contributed by atoms with Crippen LogP contribution in [0.15, 0.2) is 35.6 Å². The molecule has 2 aromatic rings. The van der Waals surface area contributed by atoms with E-state index in [2.05, 4.69) is 15.0 Å². The van der Waals surface area contributed by atoms with Crippen LogP contribution in [0.4, 0.5) is 4.39 Å². The molecule has 1 aliphatic heterocycles. The molecule has 1 aliphatic rings. The maximum absolute atomic E-state index is 14.2. The summed E-state index contributed by atoms with van der Waals surface area (Å²) in [6.45, 7) is 3.71. The van der Waals surface area contributed by atoms with Gasteiger partial charge in [0, 0.05) is 43.5 Å². The van der Waals surface area contributed by atoms with E-state index in [-0.39, 0.29) is 24.4 Å². The Morgan fingerprint density at radius 1 is 1.24 bits per heavy atom. The van der Waals surface area contributed by atoms with Gasteiger partial charge in [-0.2, -0.15) is 0 Å². The number of rotatable bonds is 6. The van der Waals surface area contributed by atoms with Crippen LogP contribution in [-0.4, -0.2) is 46.4 Å². The van der Waals surface area contributed by atoms with E-state index in [1.165, 1.54) is 6.07 Å². The summed E-state index contributed by atoms with van der Waals surface area (Å²) in [5.74, 6) is 0.0105. The minimum atomic E-state index is -0.398. The zero-order valence-corrected chi connectivity index (χ0v) is 16.3. The van der Waals surface area contributed by atoms with E-state index in [9.17, 15) is 9.18 Å². The Hall–Kier alpha value is -3.23. The predicted molar refractivity (Wildman–Crippen MR) is 107 cm³/mol. The number of carbonyl (C=O) groups is 1. The van der Waals surface area contributed by atoms with Gasteiger partial charge in [-0.15, -0.1) is 0 Å². The van der Waals surface area contributed by atoms with Crippen LogP contribution in [0.5, 0.6) is 6.01 Å². The average molecular weight is 400 g/mol. The first-order chi connectivity index (χ1) is 13.9. The second kappa shape index (κ2) is 9.31. The molecule has 1 amide bonds. The van der Waals surface area contributed by atoms with E-state index in [1.807, 2.05) is 4.90 Å². The van der Waals surface area contributed by atoms with Crippen molar-refractivity contribution in [2.75, 3.05) is 19.7 Å². The Labute approximate surface area is 168 Å². The van der Waals surface area contributed by atoms with E-state index in [1.54, 1.807) is 31.5 Å². The van der Waals surface area contributed by atoms with Gasteiger partial charge in [0.05, 0.1) is 13.2 Å². The highest BCUT2D eigenvalue weighted by Crippen LogP contribution is 2.23. The summed E-state index contributed by atoms with van der Waals surface area (Å²) in [5, 5.41) is 0. The summed E-state index contributed by atoms with van der Waals surface area (Å²) in [6, 6.07) is 5.09. The third-order valence-corrected chi connectivity index (χ3v) is 4.95. The van der Waals surface area contributed by atoms with Crippen molar-refractivity contribution in [2.45, 2.75) is 26.3 Å². The zero-order valence-electron chi connectivity index (χ0n) is 16.3. The largest absolute Gasteiger partial charge is 0.463 e. The summed E-state index contributed by atoms with van der Waals surface area (Å²) >= 11 is 0. The van der Waals surface area contributed by atoms with Crippen LogP contribution in [0.2, 0.25) is 0 Å². The van der Waals surface area contributed by atoms with Crippen LogP contribution >= 0.6 is 0 Å². The molecule has 3 rings (SSSR count). The van der Waals surface area contributed by atoms with Gasteiger partial charge in [0.15, 0.2) is 5.96 Å². The summed E-state index contributed by atoms with van der Waals surface area (Å²) in [4.78, 5) is 25.5. The van der Waals surface area contributed by atoms with Crippen molar-refractivity contribution in [3.8, 4) is 17.1 Å². The first-order valence-electron chi connectivity index (χ1n) is 9.47. The van der Waals surface area contributed by atoms with Crippen molar-refractivity contribution < 1.29 is 13.9 Å². The number of ether oxygens (including phenoxy) is 1. The van der Waals surface area contributed by atoms with E-state index < -0.39 is 5.82 Å². The fraction of sp³-hybridized carbons (Fsp3) is 0.400. The molecule has 8 nitrogen and oxygen atoms in total. The molecule has 0 saturated carbocycles. The third-order valence-electron chi connectivity index (χ3n) is 4.95. The van der Waals surface area contributed by atoms with Crippen LogP contribution < -0.4 is 16.2 Å². The first-order valence-corrected chi connectivity index (χ1v) is 9.47. The topological polar surface area (TPSA) is 120 Å². The van der Waals surface area contributed by atoms with Gasteiger partial charge in [-0.25, -0.2) is 19.4 Å². The highest BCUT2D eigenvalue weighted by molar-refractivity contribution is 5.75. The number of aliphatic imine (C=N–C) groups is 1. The molecule has 1 aromatic heterocycles. The molecule has 0 spiro atoms. The molecule has 9 heteroatoms. The van der Waals surface area contributed by atoms with Gasteiger partial charge in [0.1, 0.15) is 5.82 Å². The maximum atomic E-state index is 14.2. The van der Waals surface area contributed by atoms with Gasteiger partial charge >= 0.3 is 6.01 Å². The third kappa shape index (κ3) is 5.63. The number of carbonyl (C=O) groups excluding carboxylic acids is 1. The van der Waals surface area contributed by atoms with Crippen molar-refractivity contribution in [2.24, 2.45) is 22.4 Å². The van der Waals surface area contributed by atoms with Crippen LogP contribution in [0.1, 0.15) is 25.3 Å². The number of benzene rings is 1. The molecule has 1 fully saturated rings. The Morgan fingerprint density at radius 2 is 1.93 bits per heavy atom. The highest BCUT2D eigenvalue weighted by atomic mass is 19.1. The molecule has 1 saturated heterocycles. The Bertz CT molecular complexity index is 875. The molecular weight excluding hydrogens is 375 g/mol. The molecule has 0 bridgehead atoms. The Balaban J connectivity index is 1.56. The van der Waals surface area contributed by atoms with Crippen molar-refractivity contribution in [1.82, 2.24) is 14.9 Å². The highest BCUT2D eigenvalue weighted by Gasteiger charge is 2.21. The number of hydrogen-bond donors (Lipinski definition) is 2. The number of guanidine groups is 1. The van der Waals surface area contributed by atoms with Gasteiger partial charge in [0.25, 0.3) is 0 Å². The smallest absolute Gasteiger partial charge is 0.316 e. The van der Waals surface area contributed by atoms with E-state index in [0.717, 1.165) is 25.9 Å². The van der Waals surface area contributed by atoms with E-state index >= 15 is 0 Å². The molecule has 2 heterocycles. The minimum absolute atomic E-state index is 0.0816. The molecule has 0 unspecified atom stereocenters. The van der Waals surface area contributed by atoms with Gasteiger partial charge in [-0.1, -0.05) is 12.1 Å². The number of halogens is 1. The van der Waals surface area contributed by atoms with Crippen molar-refractivity contribution in [3.63, 3.8) is 0 Å². The summed E-state index contributed by atoms with van der Waals surface area (Å²) in [6.07, 6.45) is 5.02. The quantitative estimate of drug-likeness (QED) is 0.562. The molecule has 0 aliphatic carbocycles. The van der Waals surface area contributed by atoms with Crippen LogP contribution in [0.3, 0.4) is 0 Å². The monoisotopic (exact) mass is 400 g/mol. The fourth-order valence-corrected chi connectivity index (χ4v) is 3.18. The second-order valence-corrected chi connectivity index (χ2v) is 7.06. The van der Waals surface area contributed by atoms with Crippen LogP contribution in [0.25, 0.3) is 11.1 Å². The van der Waals surface area contributed by atoms with Gasteiger partial charge in [-0.05, 0) is 30.4 Å². The van der Waals surface area contributed by atoms with Gasteiger partial charge in [-0.3, -0.25) is 4.79 Å². The van der Waals surface area contributed by atoms with E-state index in [4.69, 9.17) is 16.2 Å². The number of likely N-dealkylation sites (tertiary alicyclic amines) is 1. The van der Waals surface area contributed by atoms with Crippen LogP contribution in [0, 0.1) is 11.7 Å². The SMILES string of the molecule is CC(=O)N1CCC(COc2ncc(-c3ccc(CN=C(N)N)c(F)c3)cn2)CC1. The number of aromatic nitrogens is 2. The Kier molecular flexibility index (Phi) is 6.58. The molecule has 4 N–H and O–H groups in total. The van der Waals surface area contributed by atoms with Crippen molar-refractivity contribution in [1.29, 1.82) is 0 Å².